The minimum absolute atomic E-state index is 0.0105. The van der Waals surface area contributed by atoms with Crippen molar-refractivity contribution in [1.29, 1.82) is 0 Å². The summed E-state index contributed by atoms with van der Waals surface area (Å²) in [4.78, 5) is 87.3. The Morgan fingerprint density at radius 1 is 0.980 bits per heavy atom. The predicted octanol–water partition coefficient (Wildman–Crippen LogP) is 2.91. The second-order valence-corrected chi connectivity index (χ2v) is 16.2. The second-order valence-electron chi connectivity index (χ2n) is 16.2. The van der Waals surface area contributed by atoms with Gasteiger partial charge in [-0.3, -0.25) is 33.8 Å². The van der Waals surface area contributed by atoms with Crippen molar-refractivity contribution in [2.24, 2.45) is 28.6 Å². The third-order valence-electron chi connectivity index (χ3n) is 11.1. The van der Waals surface area contributed by atoms with E-state index in [9.17, 15) is 28.8 Å². The van der Waals surface area contributed by atoms with Gasteiger partial charge in [0.15, 0.2) is 0 Å². The number of ketones is 1. The molecule has 12 nitrogen and oxygen atoms in total. The van der Waals surface area contributed by atoms with Gasteiger partial charge in [-0.15, -0.1) is 0 Å². The molecule has 1 saturated heterocycles. The van der Waals surface area contributed by atoms with E-state index in [1.165, 1.54) is 6.20 Å². The van der Waals surface area contributed by atoms with Gasteiger partial charge in [0.2, 0.25) is 23.5 Å². The summed E-state index contributed by atoms with van der Waals surface area (Å²) in [6, 6.07) is -0.372. The number of hydrogen-bond acceptors (Lipinski definition) is 7. The first kappa shape index (κ1) is 36.5. The lowest BCUT2D eigenvalue weighted by molar-refractivity contribution is -0.147. The number of nitrogens with zero attached hydrogens (tertiary/aromatic N) is 2. The van der Waals surface area contributed by atoms with Gasteiger partial charge in [-0.1, -0.05) is 67.2 Å². The molecule has 0 spiro atoms. The van der Waals surface area contributed by atoms with E-state index >= 15 is 0 Å². The minimum atomic E-state index is -0.994. The Morgan fingerprint density at radius 2 is 1.67 bits per heavy atom. The molecule has 2 heterocycles. The van der Waals surface area contributed by atoms with Gasteiger partial charge in [0.1, 0.15) is 18.1 Å². The summed E-state index contributed by atoms with van der Waals surface area (Å²) in [6.45, 7) is 12.0. The highest BCUT2D eigenvalue weighted by atomic mass is 16.2. The standard InChI is InChI=1S/C37H54N6O6/c1-7-12-25(29(44)34(48)39-23-16-17-23)40-33(47)28-26-24(37(26,5)6)20-43(28)35(49)30(36(2,3)4)42-32(46)27(21-13-9-8-10-14-21)41-31(45)22-15-11-18-38-19-22/h11,15,18-19,21,23-28,30H,7-10,12-14,16-17,20H2,1-6H3,(H,39,48)(H,40,47)(H,41,45)(H,42,46)/t24-,25?,26-,27-,28-,30+/m0/s1. The molecule has 4 fully saturated rings. The molecule has 4 N–H and O–H groups in total. The zero-order valence-corrected chi connectivity index (χ0v) is 29.8. The molecule has 5 rings (SSSR count). The van der Waals surface area contributed by atoms with Crippen molar-refractivity contribution in [3.05, 3.63) is 30.1 Å². The zero-order chi connectivity index (χ0) is 35.7. The van der Waals surface area contributed by atoms with Gasteiger partial charge in [0.05, 0.1) is 11.6 Å². The van der Waals surface area contributed by atoms with Crippen LogP contribution in [0.3, 0.4) is 0 Å². The molecule has 1 unspecified atom stereocenters. The molecular formula is C37H54N6O6. The molecule has 0 radical (unpaired) electrons. The summed E-state index contributed by atoms with van der Waals surface area (Å²) >= 11 is 0. The van der Waals surface area contributed by atoms with Crippen LogP contribution in [0.1, 0.15) is 110 Å². The molecule has 0 aromatic carbocycles. The molecule has 4 aliphatic rings. The third kappa shape index (κ3) is 8.15. The molecule has 6 atom stereocenters. The van der Waals surface area contributed by atoms with Gasteiger partial charge in [0, 0.05) is 25.0 Å². The van der Waals surface area contributed by atoms with Crippen molar-refractivity contribution >= 4 is 35.3 Å². The van der Waals surface area contributed by atoms with Crippen LogP contribution in [-0.2, 0) is 24.0 Å². The van der Waals surface area contributed by atoms with Crippen LogP contribution in [-0.4, -0.2) is 82.0 Å². The fraction of sp³-hybridized carbons (Fsp3) is 0.703. The lowest BCUT2D eigenvalue weighted by atomic mass is 9.82. The summed E-state index contributed by atoms with van der Waals surface area (Å²) < 4.78 is 0. The lowest BCUT2D eigenvalue weighted by Gasteiger charge is -2.39. The van der Waals surface area contributed by atoms with E-state index in [-0.39, 0.29) is 35.1 Å². The molecule has 1 aliphatic heterocycles. The van der Waals surface area contributed by atoms with Crippen molar-refractivity contribution in [3.63, 3.8) is 0 Å². The summed E-state index contributed by atoms with van der Waals surface area (Å²) in [7, 11) is 0. The largest absolute Gasteiger partial charge is 0.347 e. The Kier molecular flexibility index (Phi) is 10.8. The van der Waals surface area contributed by atoms with E-state index in [2.05, 4.69) is 40.1 Å². The smallest absolute Gasteiger partial charge is 0.289 e. The SMILES string of the molecule is CCCC(NC(=O)[C@@H]1[C@@H]2[C@H](CN1C(=O)[C@@H](NC(=O)[C@@H](NC(=O)c1cccnc1)C1CCCCC1)C(C)(C)C)C2(C)C)C(=O)C(=O)NC1CC1. The van der Waals surface area contributed by atoms with Gasteiger partial charge < -0.3 is 26.2 Å². The van der Waals surface area contributed by atoms with Crippen LogP contribution < -0.4 is 21.3 Å². The Hall–Kier alpha value is -3.83. The van der Waals surface area contributed by atoms with Gasteiger partial charge in [0.25, 0.3) is 11.8 Å². The Bertz CT molecular complexity index is 1430. The van der Waals surface area contributed by atoms with Gasteiger partial charge in [-0.05, 0) is 72.8 Å². The van der Waals surface area contributed by atoms with Crippen LogP contribution in [0.25, 0.3) is 0 Å². The quantitative estimate of drug-likeness (QED) is 0.233. The highest BCUT2D eigenvalue weighted by Gasteiger charge is 2.70. The predicted molar refractivity (Wildman–Crippen MR) is 183 cm³/mol. The van der Waals surface area contributed by atoms with E-state index in [1.807, 2.05) is 27.7 Å². The van der Waals surface area contributed by atoms with Crippen LogP contribution in [0.15, 0.2) is 24.5 Å². The minimum Gasteiger partial charge on any atom is -0.347 e. The zero-order valence-electron chi connectivity index (χ0n) is 29.8. The van der Waals surface area contributed by atoms with Crippen molar-refractivity contribution < 1.29 is 28.8 Å². The van der Waals surface area contributed by atoms with Crippen LogP contribution in [0, 0.1) is 28.6 Å². The number of amides is 5. The number of piperidine rings is 1. The molecule has 268 valence electrons. The van der Waals surface area contributed by atoms with Crippen molar-refractivity contribution in [3.8, 4) is 0 Å². The van der Waals surface area contributed by atoms with E-state index in [4.69, 9.17) is 0 Å². The molecule has 3 saturated carbocycles. The Balaban J connectivity index is 1.35. The highest BCUT2D eigenvalue weighted by Crippen LogP contribution is 2.65. The Morgan fingerprint density at radius 3 is 2.27 bits per heavy atom. The van der Waals surface area contributed by atoms with E-state index in [0.29, 0.717) is 24.9 Å². The van der Waals surface area contributed by atoms with Gasteiger partial charge >= 0.3 is 0 Å². The number of carbonyl (C=O) groups is 6. The summed E-state index contributed by atoms with van der Waals surface area (Å²) in [5.74, 6) is -3.18. The highest BCUT2D eigenvalue weighted by molar-refractivity contribution is 6.38. The first-order valence-corrected chi connectivity index (χ1v) is 18.1. The van der Waals surface area contributed by atoms with E-state index in [0.717, 1.165) is 44.9 Å². The lowest BCUT2D eigenvalue weighted by Crippen LogP contribution is -2.62. The maximum atomic E-state index is 14.5. The van der Waals surface area contributed by atoms with Crippen molar-refractivity contribution in [2.45, 2.75) is 130 Å². The number of Topliss-reactive ketones (excluding diaryl/α,β-unsaturated/α-hetero) is 1. The van der Waals surface area contributed by atoms with Gasteiger partial charge in [-0.2, -0.15) is 0 Å². The number of pyridine rings is 1. The fourth-order valence-electron chi connectivity index (χ4n) is 7.90. The third-order valence-corrected chi connectivity index (χ3v) is 11.1. The van der Waals surface area contributed by atoms with Crippen LogP contribution >= 0.6 is 0 Å². The molecule has 1 aromatic heterocycles. The van der Waals surface area contributed by atoms with Crippen LogP contribution in [0.5, 0.6) is 0 Å². The van der Waals surface area contributed by atoms with Crippen molar-refractivity contribution in [1.82, 2.24) is 31.2 Å². The van der Waals surface area contributed by atoms with Crippen LogP contribution in [0.2, 0.25) is 0 Å². The van der Waals surface area contributed by atoms with Crippen molar-refractivity contribution in [2.75, 3.05) is 6.54 Å². The number of aromatic nitrogens is 1. The maximum Gasteiger partial charge on any atom is 0.289 e. The normalized spacial score (nSPS) is 24.9. The average molecular weight is 679 g/mol. The molecular weight excluding hydrogens is 624 g/mol. The number of nitrogens with one attached hydrogen (secondary N) is 4. The molecule has 0 bridgehead atoms. The topological polar surface area (TPSA) is 167 Å². The summed E-state index contributed by atoms with van der Waals surface area (Å²) in [5, 5.41) is 11.5. The fourth-order valence-corrected chi connectivity index (χ4v) is 7.90. The number of hydrogen-bond donors (Lipinski definition) is 4. The molecule has 3 aliphatic carbocycles. The summed E-state index contributed by atoms with van der Waals surface area (Å²) in [5.41, 5.74) is -0.574. The number of rotatable bonds is 13. The molecule has 49 heavy (non-hydrogen) atoms. The van der Waals surface area contributed by atoms with E-state index < -0.39 is 59.0 Å². The number of carbonyl (C=O) groups excluding carboxylic acids is 6. The average Bonchev–Trinajstić information content (AvgIpc) is 3.92. The monoisotopic (exact) mass is 678 g/mol. The van der Waals surface area contributed by atoms with Gasteiger partial charge in [-0.25, -0.2) is 0 Å². The number of likely N-dealkylation sites (tertiary alicyclic amines) is 1. The van der Waals surface area contributed by atoms with E-state index in [1.54, 1.807) is 23.2 Å². The second kappa shape index (κ2) is 14.6. The first-order chi connectivity index (χ1) is 23.1. The first-order valence-electron chi connectivity index (χ1n) is 18.1. The molecule has 5 amide bonds. The maximum absolute atomic E-state index is 14.5. The Labute approximate surface area is 289 Å². The summed E-state index contributed by atoms with van der Waals surface area (Å²) in [6.07, 6.45) is 10.1. The molecule has 12 heteroatoms. The molecule has 1 aromatic rings. The van der Waals surface area contributed by atoms with Crippen LogP contribution in [0.4, 0.5) is 0 Å². The number of fused-ring (bicyclic) bond motifs is 1.